The standard InChI is InChI=1S/C15H21NO4/c1-12(16-2)15(18)19-10-6-9-14(17)20-11-13-7-4-3-5-8-13/h3-5,7-8,12,16H,6,9-11H2,1-2H3. The van der Waals surface area contributed by atoms with E-state index in [1.165, 1.54) is 0 Å². The van der Waals surface area contributed by atoms with Crippen LogP contribution in [0.2, 0.25) is 0 Å². The van der Waals surface area contributed by atoms with E-state index in [0.29, 0.717) is 6.42 Å². The van der Waals surface area contributed by atoms with Crippen LogP contribution in [-0.2, 0) is 25.7 Å². The Morgan fingerprint density at radius 2 is 1.90 bits per heavy atom. The second-order valence-electron chi connectivity index (χ2n) is 4.43. The Morgan fingerprint density at radius 1 is 1.20 bits per heavy atom. The van der Waals surface area contributed by atoms with Gasteiger partial charge >= 0.3 is 11.9 Å². The zero-order valence-electron chi connectivity index (χ0n) is 11.9. The summed E-state index contributed by atoms with van der Waals surface area (Å²) in [4.78, 5) is 22.8. The molecule has 0 radical (unpaired) electrons. The van der Waals surface area contributed by atoms with Crippen molar-refractivity contribution in [2.45, 2.75) is 32.4 Å². The minimum atomic E-state index is -0.333. The summed E-state index contributed by atoms with van der Waals surface area (Å²) in [6, 6.07) is 9.16. The predicted molar refractivity (Wildman–Crippen MR) is 75.0 cm³/mol. The SMILES string of the molecule is CNC(C)C(=O)OCCCC(=O)OCc1ccccc1. The van der Waals surface area contributed by atoms with E-state index in [1.54, 1.807) is 14.0 Å². The van der Waals surface area contributed by atoms with Crippen molar-refractivity contribution < 1.29 is 19.1 Å². The zero-order valence-corrected chi connectivity index (χ0v) is 11.9. The quantitative estimate of drug-likeness (QED) is 0.579. The number of hydrogen-bond donors (Lipinski definition) is 1. The van der Waals surface area contributed by atoms with Crippen molar-refractivity contribution >= 4 is 11.9 Å². The molecule has 0 bridgehead atoms. The van der Waals surface area contributed by atoms with Gasteiger partial charge in [0.05, 0.1) is 6.61 Å². The van der Waals surface area contributed by atoms with Gasteiger partial charge in [-0.25, -0.2) is 0 Å². The van der Waals surface area contributed by atoms with Crippen LogP contribution in [0.4, 0.5) is 0 Å². The van der Waals surface area contributed by atoms with Crippen molar-refractivity contribution in [3.8, 4) is 0 Å². The predicted octanol–water partition coefficient (Wildman–Crippen LogP) is 1.66. The molecule has 0 aromatic heterocycles. The molecule has 0 heterocycles. The lowest BCUT2D eigenvalue weighted by Gasteiger charge is -2.10. The molecule has 1 aromatic rings. The number of likely N-dealkylation sites (N-methyl/N-ethyl adjacent to an activating group) is 1. The van der Waals surface area contributed by atoms with E-state index in [-0.39, 0.29) is 37.6 Å². The number of hydrogen-bond acceptors (Lipinski definition) is 5. The Hall–Kier alpha value is -1.88. The van der Waals surface area contributed by atoms with Crippen molar-refractivity contribution in [2.75, 3.05) is 13.7 Å². The Morgan fingerprint density at radius 3 is 2.55 bits per heavy atom. The first kappa shape index (κ1) is 16.2. The first-order chi connectivity index (χ1) is 9.63. The van der Waals surface area contributed by atoms with E-state index in [4.69, 9.17) is 9.47 Å². The summed E-state index contributed by atoms with van der Waals surface area (Å²) < 4.78 is 10.1. The first-order valence-electron chi connectivity index (χ1n) is 6.67. The average molecular weight is 279 g/mol. The lowest BCUT2D eigenvalue weighted by atomic mass is 10.2. The maximum Gasteiger partial charge on any atom is 0.322 e. The molecule has 20 heavy (non-hydrogen) atoms. The maximum absolute atomic E-state index is 11.5. The molecule has 110 valence electrons. The van der Waals surface area contributed by atoms with Gasteiger partial charge in [-0.2, -0.15) is 0 Å². The van der Waals surface area contributed by atoms with Gasteiger partial charge < -0.3 is 14.8 Å². The average Bonchev–Trinajstić information content (AvgIpc) is 2.49. The molecule has 0 aliphatic heterocycles. The molecule has 0 saturated heterocycles. The number of nitrogens with one attached hydrogen (secondary N) is 1. The summed E-state index contributed by atoms with van der Waals surface area (Å²) in [5.74, 6) is -0.600. The lowest BCUT2D eigenvalue weighted by molar-refractivity contribution is -0.149. The van der Waals surface area contributed by atoms with Gasteiger partial charge in [0.15, 0.2) is 0 Å². The highest BCUT2D eigenvalue weighted by molar-refractivity contribution is 5.75. The van der Waals surface area contributed by atoms with Gasteiger partial charge in [-0.1, -0.05) is 30.3 Å². The van der Waals surface area contributed by atoms with E-state index >= 15 is 0 Å². The fourth-order valence-electron chi connectivity index (χ4n) is 1.44. The van der Waals surface area contributed by atoms with Gasteiger partial charge in [-0.15, -0.1) is 0 Å². The zero-order chi connectivity index (χ0) is 14.8. The third-order valence-corrected chi connectivity index (χ3v) is 2.80. The summed E-state index contributed by atoms with van der Waals surface area (Å²) in [5.41, 5.74) is 0.954. The molecular weight excluding hydrogens is 258 g/mol. The van der Waals surface area contributed by atoms with Crippen LogP contribution in [0, 0.1) is 0 Å². The van der Waals surface area contributed by atoms with E-state index in [1.807, 2.05) is 30.3 Å². The fraction of sp³-hybridized carbons (Fsp3) is 0.467. The number of benzene rings is 1. The van der Waals surface area contributed by atoms with E-state index in [0.717, 1.165) is 5.56 Å². The molecule has 0 aliphatic carbocycles. The molecule has 0 amide bonds. The highest BCUT2D eigenvalue weighted by atomic mass is 16.5. The van der Waals surface area contributed by atoms with Crippen LogP contribution in [0.5, 0.6) is 0 Å². The number of carbonyl (C=O) groups is 2. The van der Waals surface area contributed by atoms with Crippen LogP contribution in [-0.4, -0.2) is 31.6 Å². The molecule has 1 aromatic carbocycles. The summed E-state index contributed by atoms with van der Waals surface area (Å²) in [6.07, 6.45) is 0.712. The summed E-state index contributed by atoms with van der Waals surface area (Å²) >= 11 is 0. The summed E-state index contributed by atoms with van der Waals surface area (Å²) in [6.45, 7) is 2.22. The topological polar surface area (TPSA) is 64.6 Å². The Labute approximate surface area is 119 Å². The molecule has 1 unspecified atom stereocenters. The minimum absolute atomic E-state index is 0.227. The summed E-state index contributed by atoms with van der Waals surface area (Å²) in [5, 5.41) is 2.79. The number of ether oxygens (including phenoxy) is 2. The molecule has 5 nitrogen and oxygen atoms in total. The highest BCUT2D eigenvalue weighted by Crippen LogP contribution is 2.03. The highest BCUT2D eigenvalue weighted by Gasteiger charge is 2.11. The molecule has 0 spiro atoms. The molecule has 1 atom stereocenters. The first-order valence-corrected chi connectivity index (χ1v) is 6.67. The molecule has 1 rings (SSSR count). The number of carbonyl (C=O) groups excluding carboxylic acids is 2. The number of esters is 2. The van der Waals surface area contributed by atoms with Gasteiger partial charge in [0.1, 0.15) is 12.6 Å². The molecule has 0 saturated carbocycles. The van der Waals surface area contributed by atoms with E-state index in [9.17, 15) is 9.59 Å². The summed E-state index contributed by atoms with van der Waals surface area (Å²) in [7, 11) is 1.69. The third-order valence-electron chi connectivity index (χ3n) is 2.80. The van der Waals surface area contributed by atoms with E-state index in [2.05, 4.69) is 5.32 Å². The van der Waals surface area contributed by atoms with Crippen LogP contribution in [0.25, 0.3) is 0 Å². The minimum Gasteiger partial charge on any atom is -0.465 e. The van der Waals surface area contributed by atoms with E-state index < -0.39 is 0 Å². The third kappa shape index (κ3) is 6.33. The lowest BCUT2D eigenvalue weighted by Crippen LogP contribution is -2.32. The molecule has 0 fully saturated rings. The Balaban J connectivity index is 2.10. The van der Waals surface area contributed by atoms with Crippen LogP contribution < -0.4 is 5.32 Å². The van der Waals surface area contributed by atoms with Crippen LogP contribution in [0.3, 0.4) is 0 Å². The largest absolute Gasteiger partial charge is 0.465 e. The monoisotopic (exact) mass is 279 g/mol. The smallest absolute Gasteiger partial charge is 0.322 e. The molecular formula is C15H21NO4. The van der Waals surface area contributed by atoms with Crippen molar-refractivity contribution in [1.29, 1.82) is 0 Å². The maximum atomic E-state index is 11.5. The van der Waals surface area contributed by atoms with Crippen molar-refractivity contribution in [1.82, 2.24) is 5.32 Å². The van der Waals surface area contributed by atoms with Gasteiger partial charge in [0, 0.05) is 6.42 Å². The van der Waals surface area contributed by atoms with Crippen LogP contribution in [0.1, 0.15) is 25.3 Å². The van der Waals surface area contributed by atoms with Gasteiger partial charge in [-0.05, 0) is 26.0 Å². The van der Waals surface area contributed by atoms with Crippen molar-refractivity contribution in [3.63, 3.8) is 0 Å². The van der Waals surface area contributed by atoms with Crippen molar-refractivity contribution in [3.05, 3.63) is 35.9 Å². The fourth-order valence-corrected chi connectivity index (χ4v) is 1.44. The van der Waals surface area contributed by atoms with Crippen molar-refractivity contribution in [2.24, 2.45) is 0 Å². The normalized spacial score (nSPS) is 11.7. The van der Waals surface area contributed by atoms with Gasteiger partial charge in [-0.3, -0.25) is 9.59 Å². The Kier molecular flexibility index (Phi) is 7.35. The molecule has 5 heteroatoms. The molecule has 0 aliphatic rings. The van der Waals surface area contributed by atoms with Crippen LogP contribution >= 0.6 is 0 Å². The Bertz CT molecular complexity index is 419. The second-order valence-corrected chi connectivity index (χ2v) is 4.43. The molecule has 1 N–H and O–H groups in total. The van der Waals surface area contributed by atoms with Crippen LogP contribution in [0.15, 0.2) is 30.3 Å². The number of rotatable bonds is 8. The van der Waals surface area contributed by atoms with Gasteiger partial charge in [0.25, 0.3) is 0 Å². The van der Waals surface area contributed by atoms with Gasteiger partial charge in [0.2, 0.25) is 0 Å². The second kappa shape index (κ2) is 9.09.